The molecule has 1 amide bonds. The second-order valence-electron chi connectivity index (χ2n) is 4.18. The maximum absolute atomic E-state index is 11.0. The predicted molar refractivity (Wildman–Crippen MR) is 69.4 cm³/mol. The third kappa shape index (κ3) is 2.00. The zero-order valence-corrected chi connectivity index (χ0v) is 10.5. The molecule has 5 heteroatoms. The number of hydrogen-bond acceptors (Lipinski definition) is 3. The van der Waals surface area contributed by atoms with Crippen molar-refractivity contribution < 1.29 is 4.79 Å². The molecule has 4 N–H and O–H groups in total. The minimum Gasteiger partial charge on any atom is -0.366 e. The van der Waals surface area contributed by atoms with Gasteiger partial charge in [0.05, 0.1) is 11.4 Å². The lowest BCUT2D eigenvalue weighted by molar-refractivity contribution is 0.100. The first kappa shape index (κ1) is 12.3. The molecule has 18 heavy (non-hydrogen) atoms. The Morgan fingerprint density at radius 3 is 2.33 bits per heavy atom. The average Bonchev–Trinajstić information content (AvgIpc) is 2.64. The normalized spacial score (nSPS) is 10.6. The third-order valence-electron chi connectivity index (χ3n) is 3.04. The summed E-state index contributed by atoms with van der Waals surface area (Å²) in [5.41, 5.74) is 15.3. The van der Waals surface area contributed by atoms with Crippen molar-refractivity contribution in [2.45, 2.75) is 20.4 Å². The summed E-state index contributed by atoms with van der Waals surface area (Å²) in [5, 5.41) is 4.45. The van der Waals surface area contributed by atoms with Crippen molar-refractivity contribution in [1.82, 2.24) is 9.78 Å². The van der Waals surface area contributed by atoms with Crippen LogP contribution in [0.2, 0.25) is 0 Å². The van der Waals surface area contributed by atoms with Crippen molar-refractivity contribution in [2.24, 2.45) is 11.5 Å². The summed E-state index contributed by atoms with van der Waals surface area (Å²) >= 11 is 0. The van der Waals surface area contributed by atoms with Crippen LogP contribution in [0.1, 0.15) is 27.3 Å². The molecule has 0 aliphatic heterocycles. The van der Waals surface area contributed by atoms with Gasteiger partial charge in [-0.25, -0.2) is 4.68 Å². The molecule has 0 fully saturated rings. The van der Waals surface area contributed by atoms with Gasteiger partial charge in [0.1, 0.15) is 0 Å². The van der Waals surface area contributed by atoms with Gasteiger partial charge < -0.3 is 11.5 Å². The lowest BCUT2D eigenvalue weighted by Gasteiger charge is -2.05. The number of rotatable bonds is 3. The number of nitrogens with two attached hydrogens (primary N) is 2. The van der Waals surface area contributed by atoms with E-state index in [4.69, 9.17) is 11.5 Å². The molecule has 0 atom stereocenters. The van der Waals surface area contributed by atoms with E-state index in [9.17, 15) is 4.79 Å². The summed E-state index contributed by atoms with van der Waals surface area (Å²) in [6.07, 6.45) is 0. The van der Waals surface area contributed by atoms with Crippen molar-refractivity contribution in [3.8, 4) is 5.69 Å². The van der Waals surface area contributed by atoms with Crippen molar-refractivity contribution in [3.63, 3.8) is 0 Å². The quantitative estimate of drug-likeness (QED) is 0.845. The van der Waals surface area contributed by atoms with E-state index < -0.39 is 5.91 Å². The van der Waals surface area contributed by atoms with E-state index >= 15 is 0 Å². The Morgan fingerprint density at radius 2 is 1.89 bits per heavy atom. The van der Waals surface area contributed by atoms with Gasteiger partial charge >= 0.3 is 0 Å². The Balaban J connectivity index is 2.46. The van der Waals surface area contributed by atoms with Gasteiger partial charge in [0, 0.05) is 23.4 Å². The van der Waals surface area contributed by atoms with Crippen LogP contribution in [0.15, 0.2) is 24.3 Å². The van der Waals surface area contributed by atoms with Crippen LogP contribution in [0.3, 0.4) is 0 Å². The van der Waals surface area contributed by atoms with Crippen molar-refractivity contribution in [3.05, 3.63) is 46.8 Å². The largest absolute Gasteiger partial charge is 0.366 e. The highest BCUT2D eigenvalue weighted by molar-refractivity contribution is 5.92. The molecule has 0 aliphatic carbocycles. The van der Waals surface area contributed by atoms with Gasteiger partial charge in [-0.1, -0.05) is 0 Å². The standard InChI is InChI=1S/C13H16N4O/c1-8-12(7-14)9(2)17(16-8)11-5-3-10(4-6-11)13(15)18/h3-6H,7,14H2,1-2H3,(H2,15,18). The summed E-state index contributed by atoms with van der Waals surface area (Å²) in [6.45, 7) is 4.38. The van der Waals surface area contributed by atoms with E-state index in [-0.39, 0.29) is 0 Å². The molecular weight excluding hydrogens is 228 g/mol. The third-order valence-corrected chi connectivity index (χ3v) is 3.04. The minimum atomic E-state index is -0.433. The maximum atomic E-state index is 11.0. The average molecular weight is 244 g/mol. The fraction of sp³-hybridized carbons (Fsp3) is 0.231. The monoisotopic (exact) mass is 244 g/mol. The molecule has 1 aromatic carbocycles. The Kier molecular flexibility index (Phi) is 3.16. The number of aromatic nitrogens is 2. The van der Waals surface area contributed by atoms with E-state index in [0.29, 0.717) is 12.1 Å². The van der Waals surface area contributed by atoms with Crippen molar-refractivity contribution in [1.29, 1.82) is 0 Å². The number of benzene rings is 1. The molecule has 0 spiro atoms. The van der Waals surface area contributed by atoms with Gasteiger partial charge in [0.25, 0.3) is 0 Å². The highest BCUT2D eigenvalue weighted by atomic mass is 16.1. The number of aryl methyl sites for hydroxylation is 1. The summed E-state index contributed by atoms with van der Waals surface area (Å²) in [5.74, 6) is -0.433. The topological polar surface area (TPSA) is 86.9 Å². The van der Waals surface area contributed by atoms with E-state index in [2.05, 4.69) is 5.10 Å². The van der Waals surface area contributed by atoms with Crippen LogP contribution in [0.25, 0.3) is 5.69 Å². The van der Waals surface area contributed by atoms with Gasteiger partial charge in [0.15, 0.2) is 0 Å². The van der Waals surface area contributed by atoms with Gasteiger partial charge in [-0.05, 0) is 38.1 Å². The maximum Gasteiger partial charge on any atom is 0.248 e. The molecule has 0 saturated carbocycles. The van der Waals surface area contributed by atoms with E-state index in [1.165, 1.54) is 0 Å². The summed E-state index contributed by atoms with van der Waals surface area (Å²) < 4.78 is 1.82. The second kappa shape index (κ2) is 4.62. The van der Waals surface area contributed by atoms with Gasteiger partial charge in [-0.2, -0.15) is 5.10 Å². The first-order valence-electron chi connectivity index (χ1n) is 5.70. The second-order valence-corrected chi connectivity index (χ2v) is 4.18. The zero-order chi connectivity index (χ0) is 13.3. The van der Waals surface area contributed by atoms with Crippen LogP contribution in [0.5, 0.6) is 0 Å². The predicted octanol–water partition coefficient (Wildman–Crippen LogP) is 1.05. The Morgan fingerprint density at radius 1 is 1.28 bits per heavy atom. The summed E-state index contributed by atoms with van der Waals surface area (Å²) in [6, 6.07) is 7.02. The van der Waals surface area contributed by atoms with Crippen molar-refractivity contribution in [2.75, 3.05) is 0 Å². The number of hydrogen-bond donors (Lipinski definition) is 2. The molecule has 1 aromatic heterocycles. The number of nitrogens with zero attached hydrogens (tertiary/aromatic N) is 2. The number of carbonyl (C=O) groups excluding carboxylic acids is 1. The lowest BCUT2D eigenvalue weighted by Crippen LogP contribution is -2.11. The van der Waals surface area contributed by atoms with Crippen LogP contribution < -0.4 is 11.5 Å². The van der Waals surface area contributed by atoms with Crippen LogP contribution in [0.4, 0.5) is 0 Å². The minimum absolute atomic E-state index is 0.433. The highest BCUT2D eigenvalue weighted by Crippen LogP contribution is 2.17. The fourth-order valence-electron chi connectivity index (χ4n) is 1.99. The SMILES string of the molecule is Cc1nn(-c2ccc(C(N)=O)cc2)c(C)c1CN. The first-order chi connectivity index (χ1) is 8.54. The van der Waals surface area contributed by atoms with Gasteiger partial charge in [-0.3, -0.25) is 4.79 Å². The number of primary amides is 1. The molecule has 0 radical (unpaired) electrons. The summed E-state index contributed by atoms with van der Waals surface area (Å²) in [4.78, 5) is 11.0. The van der Waals surface area contributed by atoms with E-state index in [1.807, 2.05) is 30.7 Å². The fourth-order valence-corrected chi connectivity index (χ4v) is 1.99. The molecule has 0 saturated heterocycles. The Bertz CT molecular complexity index is 584. The molecule has 0 bridgehead atoms. The molecule has 94 valence electrons. The van der Waals surface area contributed by atoms with E-state index in [0.717, 1.165) is 22.6 Å². The van der Waals surface area contributed by atoms with Gasteiger partial charge in [-0.15, -0.1) is 0 Å². The highest BCUT2D eigenvalue weighted by Gasteiger charge is 2.11. The van der Waals surface area contributed by atoms with Crippen molar-refractivity contribution >= 4 is 5.91 Å². The number of carbonyl (C=O) groups is 1. The van der Waals surface area contributed by atoms with Crippen LogP contribution in [-0.2, 0) is 6.54 Å². The smallest absolute Gasteiger partial charge is 0.248 e. The Hall–Kier alpha value is -2.14. The van der Waals surface area contributed by atoms with Crippen LogP contribution in [-0.4, -0.2) is 15.7 Å². The van der Waals surface area contributed by atoms with E-state index in [1.54, 1.807) is 12.1 Å². The van der Waals surface area contributed by atoms with Crippen LogP contribution >= 0.6 is 0 Å². The lowest BCUT2D eigenvalue weighted by atomic mass is 10.2. The van der Waals surface area contributed by atoms with Crippen LogP contribution in [0, 0.1) is 13.8 Å². The van der Waals surface area contributed by atoms with Gasteiger partial charge in [0.2, 0.25) is 5.91 Å². The summed E-state index contributed by atoms with van der Waals surface area (Å²) in [7, 11) is 0. The number of amides is 1. The molecule has 0 aliphatic rings. The Labute approximate surface area is 105 Å². The molecule has 0 unspecified atom stereocenters. The molecule has 2 aromatic rings. The molecule has 5 nitrogen and oxygen atoms in total. The zero-order valence-electron chi connectivity index (χ0n) is 10.5. The first-order valence-corrected chi connectivity index (χ1v) is 5.70. The molecule has 2 rings (SSSR count). The molecular formula is C13H16N4O. The molecule has 1 heterocycles.